The monoisotopic (exact) mass is 294 g/mol. The molecule has 1 aromatic rings. The average Bonchev–Trinajstić information content (AvgIpc) is 2.96. The average molecular weight is 295 g/mol. The third kappa shape index (κ3) is 2.87. The number of thiocarbonyl (C=S) groups is 1. The lowest BCUT2D eigenvalue weighted by Gasteiger charge is -2.24. The fourth-order valence-corrected chi connectivity index (χ4v) is 3.91. The van der Waals surface area contributed by atoms with Crippen LogP contribution in [0.4, 0.5) is 5.69 Å². The molecule has 2 N–H and O–H groups in total. The normalized spacial score (nSPS) is 28.4. The molecule has 2 saturated carbocycles. The molecule has 2 fully saturated rings. The number of rotatable bonds is 2. The van der Waals surface area contributed by atoms with Crippen LogP contribution in [0.15, 0.2) is 18.2 Å². The van der Waals surface area contributed by atoms with Gasteiger partial charge >= 0.3 is 0 Å². The summed E-state index contributed by atoms with van der Waals surface area (Å²) in [6, 6.07) is 6.39. The molecule has 3 atom stereocenters. The minimum absolute atomic E-state index is 0.568. The second-order valence-corrected chi connectivity index (χ2v) is 6.68. The van der Waals surface area contributed by atoms with Crippen LogP contribution in [0.1, 0.15) is 31.2 Å². The highest BCUT2D eigenvalue weighted by Gasteiger charge is 2.39. The lowest BCUT2D eigenvalue weighted by atomic mass is 9.95. The van der Waals surface area contributed by atoms with E-state index in [9.17, 15) is 0 Å². The Morgan fingerprint density at radius 3 is 2.84 bits per heavy atom. The third-order valence-corrected chi connectivity index (χ3v) is 4.96. The van der Waals surface area contributed by atoms with Crippen LogP contribution in [0.25, 0.3) is 0 Å². The minimum atomic E-state index is 0.568. The van der Waals surface area contributed by atoms with E-state index in [1.807, 2.05) is 18.2 Å². The highest BCUT2D eigenvalue weighted by Crippen LogP contribution is 2.44. The largest absolute Gasteiger partial charge is 0.359 e. The Morgan fingerprint density at radius 1 is 1.32 bits per heavy atom. The summed E-state index contributed by atoms with van der Waals surface area (Å²) in [6.45, 7) is 2.05. The van der Waals surface area contributed by atoms with Crippen LogP contribution < -0.4 is 10.6 Å². The molecule has 0 unspecified atom stereocenters. The second-order valence-electron chi connectivity index (χ2n) is 5.84. The first-order chi connectivity index (χ1) is 9.11. The standard InChI is InChI=1S/C15H19ClN2S/c1-9-2-5-12(16)8-13(9)17-15(19)18-14-7-10-3-4-11(14)6-10/h2,5,8,10-11,14H,3-4,6-7H2,1H3,(H2,17,18,19)/t10-,11+,14-/m0/s1. The molecule has 0 amide bonds. The molecular formula is C15H19ClN2S. The van der Waals surface area contributed by atoms with Crippen molar-refractivity contribution >= 4 is 34.6 Å². The van der Waals surface area contributed by atoms with E-state index in [2.05, 4.69) is 17.6 Å². The van der Waals surface area contributed by atoms with Crippen molar-refractivity contribution in [1.29, 1.82) is 0 Å². The van der Waals surface area contributed by atoms with Gasteiger partial charge in [-0.2, -0.15) is 0 Å². The van der Waals surface area contributed by atoms with E-state index >= 15 is 0 Å². The zero-order valence-corrected chi connectivity index (χ0v) is 12.7. The van der Waals surface area contributed by atoms with Crippen LogP contribution in [0, 0.1) is 18.8 Å². The Kier molecular flexibility index (Phi) is 3.68. The van der Waals surface area contributed by atoms with E-state index in [1.54, 1.807) is 0 Å². The lowest BCUT2D eigenvalue weighted by molar-refractivity contribution is 0.392. The van der Waals surface area contributed by atoms with Crippen LogP contribution in [0.3, 0.4) is 0 Å². The first kappa shape index (κ1) is 13.2. The summed E-state index contributed by atoms with van der Waals surface area (Å²) in [5.74, 6) is 1.75. The molecule has 0 aliphatic heterocycles. The molecule has 0 aromatic heterocycles. The highest BCUT2D eigenvalue weighted by molar-refractivity contribution is 7.80. The van der Waals surface area contributed by atoms with Crippen molar-refractivity contribution in [3.8, 4) is 0 Å². The van der Waals surface area contributed by atoms with Gasteiger partial charge in [0.2, 0.25) is 0 Å². The molecule has 19 heavy (non-hydrogen) atoms. The van der Waals surface area contributed by atoms with Crippen molar-refractivity contribution < 1.29 is 0 Å². The number of aryl methyl sites for hydroxylation is 1. The number of anilines is 1. The van der Waals surface area contributed by atoms with Gasteiger partial charge in [0.15, 0.2) is 5.11 Å². The predicted molar refractivity (Wildman–Crippen MR) is 84.8 cm³/mol. The van der Waals surface area contributed by atoms with Crippen molar-refractivity contribution in [3.05, 3.63) is 28.8 Å². The summed E-state index contributed by atoms with van der Waals surface area (Å²) in [5.41, 5.74) is 2.15. The van der Waals surface area contributed by atoms with Crippen LogP contribution in [0.2, 0.25) is 5.02 Å². The maximum atomic E-state index is 6.02. The Labute approximate surface area is 124 Å². The summed E-state index contributed by atoms with van der Waals surface area (Å²) in [4.78, 5) is 0. The van der Waals surface area contributed by atoms with E-state index in [-0.39, 0.29) is 0 Å². The molecule has 2 aliphatic rings. The zero-order valence-electron chi connectivity index (χ0n) is 11.1. The van der Waals surface area contributed by atoms with Crippen molar-refractivity contribution in [1.82, 2.24) is 5.32 Å². The third-order valence-electron chi connectivity index (χ3n) is 4.50. The van der Waals surface area contributed by atoms with E-state index < -0.39 is 0 Å². The highest BCUT2D eigenvalue weighted by atomic mass is 35.5. The topological polar surface area (TPSA) is 24.1 Å². The molecule has 3 rings (SSSR count). The number of hydrogen-bond donors (Lipinski definition) is 2. The van der Waals surface area contributed by atoms with Gasteiger partial charge in [0, 0.05) is 16.8 Å². The van der Waals surface area contributed by atoms with E-state index in [0.29, 0.717) is 6.04 Å². The summed E-state index contributed by atoms with van der Waals surface area (Å²) in [5, 5.41) is 8.21. The number of fused-ring (bicyclic) bond motifs is 2. The van der Waals surface area contributed by atoms with Gasteiger partial charge in [-0.1, -0.05) is 24.1 Å². The molecule has 0 radical (unpaired) electrons. The van der Waals surface area contributed by atoms with Gasteiger partial charge in [-0.05, 0) is 67.9 Å². The number of halogens is 1. The molecular weight excluding hydrogens is 276 g/mol. The quantitative estimate of drug-likeness (QED) is 0.802. The maximum Gasteiger partial charge on any atom is 0.171 e. The second kappa shape index (κ2) is 5.29. The Bertz CT molecular complexity index is 503. The molecule has 1 aromatic carbocycles. The van der Waals surface area contributed by atoms with Gasteiger partial charge in [-0.25, -0.2) is 0 Å². The van der Waals surface area contributed by atoms with Gasteiger partial charge in [-0.3, -0.25) is 0 Å². The van der Waals surface area contributed by atoms with Crippen LogP contribution in [0.5, 0.6) is 0 Å². The van der Waals surface area contributed by atoms with Gasteiger partial charge in [0.05, 0.1) is 0 Å². The first-order valence-electron chi connectivity index (χ1n) is 6.95. The van der Waals surface area contributed by atoms with Crippen molar-refractivity contribution in [3.63, 3.8) is 0 Å². The lowest BCUT2D eigenvalue weighted by Crippen LogP contribution is -2.40. The Morgan fingerprint density at radius 2 is 2.16 bits per heavy atom. The minimum Gasteiger partial charge on any atom is -0.359 e. The van der Waals surface area contributed by atoms with Gasteiger partial charge in [0.1, 0.15) is 0 Å². The van der Waals surface area contributed by atoms with Crippen LogP contribution >= 0.6 is 23.8 Å². The summed E-state index contributed by atoms with van der Waals surface area (Å²) in [7, 11) is 0. The van der Waals surface area contributed by atoms with Crippen LogP contribution in [-0.2, 0) is 0 Å². The summed E-state index contributed by atoms with van der Waals surface area (Å²) >= 11 is 11.4. The Hall–Kier alpha value is -0.800. The fourth-order valence-electron chi connectivity index (χ4n) is 3.48. The van der Waals surface area contributed by atoms with E-state index in [0.717, 1.165) is 33.2 Å². The van der Waals surface area contributed by atoms with Gasteiger partial charge in [-0.15, -0.1) is 0 Å². The SMILES string of the molecule is Cc1ccc(Cl)cc1NC(=S)N[C@H]1C[C@H]2CC[C@@H]1C2. The number of hydrogen-bond acceptors (Lipinski definition) is 1. The molecule has 0 heterocycles. The van der Waals surface area contributed by atoms with Crippen molar-refractivity contribution in [2.24, 2.45) is 11.8 Å². The number of benzene rings is 1. The van der Waals surface area contributed by atoms with E-state index in [4.69, 9.17) is 23.8 Å². The molecule has 102 valence electrons. The molecule has 2 aliphatic carbocycles. The van der Waals surface area contributed by atoms with E-state index in [1.165, 1.54) is 25.7 Å². The van der Waals surface area contributed by atoms with Crippen molar-refractivity contribution in [2.75, 3.05) is 5.32 Å². The molecule has 0 saturated heterocycles. The van der Waals surface area contributed by atoms with Crippen molar-refractivity contribution in [2.45, 2.75) is 38.6 Å². The molecule has 4 heteroatoms. The zero-order chi connectivity index (χ0) is 13.4. The summed E-state index contributed by atoms with van der Waals surface area (Å²) < 4.78 is 0. The predicted octanol–water partition coefficient (Wildman–Crippen LogP) is 4.12. The Balaban J connectivity index is 1.61. The smallest absolute Gasteiger partial charge is 0.171 e. The summed E-state index contributed by atoms with van der Waals surface area (Å²) in [6.07, 6.45) is 5.44. The first-order valence-corrected chi connectivity index (χ1v) is 7.74. The molecule has 2 nitrogen and oxygen atoms in total. The molecule has 0 spiro atoms. The maximum absolute atomic E-state index is 6.02. The van der Waals surface area contributed by atoms with Crippen LogP contribution in [-0.4, -0.2) is 11.2 Å². The number of nitrogens with one attached hydrogen (secondary N) is 2. The fraction of sp³-hybridized carbons (Fsp3) is 0.533. The van der Waals surface area contributed by atoms with Gasteiger partial charge < -0.3 is 10.6 Å². The van der Waals surface area contributed by atoms with Gasteiger partial charge in [0.25, 0.3) is 0 Å². The molecule has 2 bridgehead atoms.